The minimum absolute atomic E-state index is 0.438. The fourth-order valence-corrected chi connectivity index (χ4v) is 2.31. The Bertz CT molecular complexity index is 522. The third kappa shape index (κ3) is 4.89. The maximum atomic E-state index is 5.78. The SMILES string of the molecule is NC(=NCc1ccc(Cl)cn1)NCCc1cccs1. The van der Waals surface area contributed by atoms with Gasteiger partial charge in [-0.2, -0.15) is 0 Å². The summed E-state index contributed by atoms with van der Waals surface area (Å²) in [5.41, 5.74) is 6.62. The standard InChI is InChI=1S/C13H15ClN4S/c14-10-3-4-11(17-8-10)9-18-13(15)16-6-5-12-2-1-7-19-12/h1-4,7-8H,5-6,9H2,(H3,15,16,18). The molecule has 0 fully saturated rings. The van der Waals surface area contributed by atoms with Gasteiger partial charge in [-0.15, -0.1) is 11.3 Å². The molecule has 0 saturated carbocycles. The van der Waals surface area contributed by atoms with Gasteiger partial charge in [0, 0.05) is 17.6 Å². The molecular formula is C13H15ClN4S. The average Bonchev–Trinajstić information content (AvgIpc) is 2.91. The fraction of sp³-hybridized carbons (Fsp3) is 0.231. The molecule has 3 N–H and O–H groups in total. The van der Waals surface area contributed by atoms with Crippen LogP contribution in [0.25, 0.3) is 0 Å². The molecule has 0 radical (unpaired) electrons. The van der Waals surface area contributed by atoms with Gasteiger partial charge >= 0.3 is 0 Å². The summed E-state index contributed by atoms with van der Waals surface area (Å²) in [5, 5.41) is 5.77. The summed E-state index contributed by atoms with van der Waals surface area (Å²) in [5.74, 6) is 0.438. The molecule has 0 atom stereocenters. The second-order valence-corrected chi connectivity index (χ2v) is 5.39. The van der Waals surface area contributed by atoms with Crippen molar-refractivity contribution in [3.05, 3.63) is 51.4 Å². The Balaban J connectivity index is 1.74. The molecule has 0 aliphatic carbocycles. The van der Waals surface area contributed by atoms with Crippen LogP contribution in [0.2, 0.25) is 5.02 Å². The topological polar surface area (TPSA) is 63.3 Å². The van der Waals surface area contributed by atoms with Crippen LogP contribution in [0, 0.1) is 0 Å². The van der Waals surface area contributed by atoms with Crippen LogP contribution in [-0.4, -0.2) is 17.5 Å². The molecule has 2 heterocycles. The summed E-state index contributed by atoms with van der Waals surface area (Å²) in [6, 6.07) is 7.78. The van der Waals surface area contributed by atoms with Crippen LogP contribution >= 0.6 is 22.9 Å². The zero-order valence-electron chi connectivity index (χ0n) is 10.3. The summed E-state index contributed by atoms with van der Waals surface area (Å²) in [4.78, 5) is 9.71. The Hall–Kier alpha value is -1.59. The van der Waals surface area contributed by atoms with Gasteiger partial charge in [-0.3, -0.25) is 4.98 Å². The van der Waals surface area contributed by atoms with Crippen LogP contribution in [0.5, 0.6) is 0 Å². The lowest BCUT2D eigenvalue weighted by Crippen LogP contribution is -2.33. The first kappa shape index (κ1) is 13.8. The van der Waals surface area contributed by atoms with Crippen LogP contribution in [0.4, 0.5) is 0 Å². The van der Waals surface area contributed by atoms with E-state index in [2.05, 4.69) is 26.7 Å². The molecule has 19 heavy (non-hydrogen) atoms. The van der Waals surface area contributed by atoms with E-state index in [9.17, 15) is 0 Å². The van der Waals surface area contributed by atoms with E-state index >= 15 is 0 Å². The maximum absolute atomic E-state index is 5.78. The Labute approximate surface area is 121 Å². The molecule has 0 saturated heterocycles. The van der Waals surface area contributed by atoms with Crippen molar-refractivity contribution in [2.45, 2.75) is 13.0 Å². The molecule has 0 bridgehead atoms. The number of aromatic nitrogens is 1. The highest BCUT2D eigenvalue weighted by atomic mass is 35.5. The van der Waals surface area contributed by atoms with E-state index in [1.807, 2.05) is 12.1 Å². The van der Waals surface area contributed by atoms with Crippen molar-refractivity contribution in [1.82, 2.24) is 10.3 Å². The number of hydrogen-bond donors (Lipinski definition) is 2. The van der Waals surface area contributed by atoms with Crippen LogP contribution in [0.1, 0.15) is 10.6 Å². The molecule has 0 spiro atoms. The Kier molecular flexibility index (Phi) is 5.18. The Morgan fingerprint density at radius 1 is 1.42 bits per heavy atom. The molecule has 0 amide bonds. The van der Waals surface area contributed by atoms with E-state index < -0.39 is 0 Å². The van der Waals surface area contributed by atoms with Crippen LogP contribution in [0.3, 0.4) is 0 Å². The number of guanidine groups is 1. The third-order valence-corrected chi connectivity index (χ3v) is 3.62. The Morgan fingerprint density at radius 2 is 2.32 bits per heavy atom. The first-order chi connectivity index (χ1) is 9.24. The molecule has 0 unspecified atom stereocenters. The second-order valence-electron chi connectivity index (χ2n) is 3.93. The van der Waals surface area contributed by atoms with Gasteiger partial charge in [0.1, 0.15) is 0 Å². The Morgan fingerprint density at radius 3 is 3.00 bits per heavy atom. The van der Waals surface area contributed by atoms with Crippen molar-refractivity contribution in [2.24, 2.45) is 10.7 Å². The number of hydrogen-bond acceptors (Lipinski definition) is 3. The predicted molar refractivity (Wildman–Crippen MR) is 80.6 cm³/mol. The molecule has 0 aliphatic rings. The van der Waals surface area contributed by atoms with Gasteiger partial charge in [0.25, 0.3) is 0 Å². The van der Waals surface area contributed by atoms with Gasteiger partial charge in [0.05, 0.1) is 17.3 Å². The number of halogens is 1. The number of rotatable bonds is 5. The first-order valence-corrected chi connectivity index (χ1v) is 7.16. The smallest absolute Gasteiger partial charge is 0.188 e. The highest BCUT2D eigenvalue weighted by Gasteiger charge is 1.96. The quantitative estimate of drug-likeness (QED) is 0.658. The molecule has 4 nitrogen and oxygen atoms in total. The molecule has 0 aliphatic heterocycles. The van der Waals surface area contributed by atoms with Crippen molar-refractivity contribution >= 4 is 28.9 Å². The lowest BCUT2D eigenvalue weighted by Gasteiger charge is -2.04. The van der Waals surface area contributed by atoms with Gasteiger partial charge in [-0.05, 0) is 30.0 Å². The highest BCUT2D eigenvalue weighted by molar-refractivity contribution is 7.09. The maximum Gasteiger partial charge on any atom is 0.188 e. The van der Waals surface area contributed by atoms with Gasteiger partial charge < -0.3 is 11.1 Å². The van der Waals surface area contributed by atoms with Crippen molar-refractivity contribution in [3.8, 4) is 0 Å². The normalized spacial score (nSPS) is 11.5. The summed E-state index contributed by atoms with van der Waals surface area (Å²) in [7, 11) is 0. The lowest BCUT2D eigenvalue weighted by molar-refractivity contribution is 0.853. The van der Waals surface area contributed by atoms with Crippen molar-refractivity contribution in [1.29, 1.82) is 0 Å². The molecule has 100 valence electrons. The largest absolute Gasteiger partial charge is 0.370 e. The summed E-state index contributed by atoms with van der Waals surface area (Å²) >= 11 is 7.50. The number of nitrogens with one attached hydrogen (secondary N) is 1. The van der Waals surface area contributed by atoms with Crippen LogP contribution < -0.4 is 11.1 Å². The second kappa shape index (κ2) is 7.11. The van der Waals surface area contributed by atoms with Gasteiger partial charge in [0.15, 0.2) is 5.96 Å². The molecule has 2 aromatic rings. The predicted octanol–water partition coefficient (Wildman–Crippen LogP) is 2.44. The molecule has 6 heteroatoms. The van der Waals surface area contributed by atoms with E-state index in [0.29, 0.717) is 17.5 Å². The molecular weight excluding hydrogens is 280 g/mol. The zero-order valence-corrected chi connectivity index (χ0v) is 11.9. The first-order valence-electron chi connectivity index (χ1n) is 5.90. The molecule has 0 aromatic carbocycles. The van der Waals surface area contributed by atoms with E-state index in [4.69, 9.17) is 17.3 Å². The number of aliphatic imine (C=N–C) groups is 1. The fourth-order valence-electron chi connectivity index (χ4n) is 1.49. The van der Waals surface area contributed by atoms with Crippen molar-refractivity contribution in [2.75, 3.05) is 6.54 Å². The van der Waals surface area contributed by atoms with Crippen molar-refractivity contribution in [3.63, 3.8) is 0 Å². The third-order valence-electron chi connectivity index (χ3n) is 2.46. The van der Waals surface area contributed by atoms with E-state index in [-0.39, 0.29) is 0 Å². The average molecular weight is 295 g/mol. The summed E-state index contributed by atoms with van der Waals surface area (Å²) in [6.45, 7) is 1.24. The van der Waals surface area contributed by atoms with E-state index in [0.717, 1.165) is 18.7 Å². The summed E-state index contributed by atoms with van der Waals surface area (Å²) in [6.07, 6.45) is 2.56. The number of nitrogens with two attached hydrogens (primary N) is 1. The van der Waals surface area contributed by atoms with E-state index in [1.54, 1.807) is 23.6 Å². The number of thiophene rings is 1. The number of nitrogens with zero attached hydrogens (tertiary/aromatic N) is 2. The van der Waals surface area contributed by atoms with Gasteiger partial charge in [-0.25, -0.2) is 4.99 Å². The minimum atomic E-state index is 0.438. The molecule has 2 aromatic heterocycles. The van der Waals surface area contributed by atoms with Crippen LogP contribution in [-0.2, 0) is 13.0 Å². The lowest BCUT2D eigenvalue weighted by atomic mass is 10.3. The van der Waals surface area contributed by atoms with Crippen LogP contribution in [0.15, 0.2) is 40.8 Å². The zero-order chi connectivity index (χ0) is 13.5. The monoisotopic (exact) mass is 294 g/mol. The molecule has 2 rings (SSSR count). The van der Waals surface area contributed by atoms with E-state index in [1.165, 1.54) is 4.88 Å². The van der Waals surface area contributed by atoms with Gasteiger partial charge in [-0.1, -0.05) is 17.7 Å². The highest BCUT2D eigenvalue weighted by Crippen LogP contribution is 2.08. The minimum Gasteiger partial charge on any atom is -0.370 e. The number of pyridine rings is 1. The van der Waals surface area contributed by atoms with Gasteiger partial charge in [0.2, 0.25) is 0 Å². The summed E-state index contributed by atoms with van der Waals surface area (Å²) < 4.78 is 0. The van der Waals surface area contributed by atoms with Crippen molar-refractivity contribution < 1.29 is 0 Å².